The summed E-state index contributed by atoms with van der Waals surface area (Å²) in [6.07, 6.45) is 24.9. The van der Waals surface area contributed by atoms with Crippen molar-refractivity contribution in [3.8, 4) is 0 Å². The zero-order valence-corrected chi connectivity index (χ0v) is 22.4. The predicted molar refractivity (Wildman–Crippen MR) is 123 cm³/mol. The molecule has 0 atom stereocenters. The van der Waals surface area contributed by atoms with Crippen LogP contribution in [0.2, 0.25) is 0 Å². The van der Waals surface area contributed by atoms with E-state index in [9.17, 15) is 9.59 Å². The summed E-state index contributed by atoms with van der Waals surface area (Å²) in [4.78, 5) is 18.9. The molecule has 30 heavy (non-hydrogen) atoms. The number of carboxylic acid groups (broad SMARTS) is 2. The van der Waals surface area contributed by atoms with Crippen molar-refractivity contribution in [3.05, 3.63) is 6.92 Å². The first-order valence-corrected chi connectivity index (χ1v) is 12.2. The molecule has 2 N–H and O–H groups in total. The summed E-state index contributed by atoms with van der Waals surface area (Å²) in [5, 5.41) is 15.4. The number of aliphatic carboxylic acids is 2. The number of hydrogen-bond donors (Lipinski definition) is 2. The smallest absolute Gasteiger partial charge is 0.481 e. The first-order chi connectivity index (χ1) is 13.9. The van der Waals surface area contributed by atoms with Crippen LogP contribution in [0.4, 0.5) is 0 Å². The van der Waals surface area contributed by atoms with Crippen molar-refractivity contribution in [3.63, 3.8) is 0 Å². The van der Waals surface area contributed by atoms with Crippen LogP contribution in [-0.2, 0) is 9.59 Å². The van der Waals surface area contributed by atoms with Gasteiger partial charge in [0.25, 0.3) is 0 Å². The average Bonchev–Trinajstić information content (AvgIpc) is 2.65. The normalized spacial score (nSPS) is 10.3. The Balaban J connectivity index is -0.000000779. The van der Waals surface area contributed by atoms with Crippen LogP contribution in [0.3, 0.4) is 0 Å². The van der Waals surface area contributed by atoms with E-state index in [-0.39, 0.29) is 29.6 Å². The third-order valence-electron chi connectivity index (χ3n) is 5.23. The number of unbranched alkanes of at least 4 members (excludes halogenated alkanes) is 14. The second-order valence-electron chi connectivity index (χ2n) is 8.36. The van der Waals surface area contributed by atoms with Crippen LogP contribution in [0.1, 0.15) is 136 Å². The standard InChI is InChI=1S/C22H45.C3H4O4.Na/c1-4-6-8-10-12-14-16-18-20-22(3)21-19-17-15-13-11-9-7-5-2;4-2(5)1-3(6)7;/h22H,3-21H2,1-2H3;1H2,(H,4,5)(H,6,7);/q-1;;+1. The topological polar surface area (TPSA) is 74.6 Å². The molecule has 4 nitrogen and oxygen atoms in total. The molecule has 0 bridgehead atoms. The van der Waals surface area contributed by atoms with Gasteiger partial charge in [-0.1, -0.05) is 129 Å². The van der Waals surface area contributed by atoms with Gasteiger partial charge in [-0.3, -0.25) is 9.59 Å². The molecule has 174 valence electrons. The van der Waals surface area contributed by atoms with E-state index in [4.69, 9.17) is 10.2 Å². The van der Waals surface area contributed by atoms with Crippen LogP contribution >= 0.6 is 0 Å². The Morgan fingerprint density at radius 3 is 1.10 bits per heavy atom. The summed E-state index contributed by atoms with van der Waals surface area (Å²) in [7, 11) is 0. The molecule has 5 heteroatoms. The molecule has 0 fully saturated rings. The molecule has 0 aromatic rings. The van der Waals surface area contributed by atoms with Crippen LogP contribution in [0.15, 0.2) is 0 Å². The molecule has 0 aromatic heterocycles. The number of carboxylic acids is 2. The number of hydrogen-bond acceptors (Lipinski definition) is 2. The summed E-state index contributed by atoms with van der Waals surface area (Å²) in [6.45, 7) is 8.94. The minimum atomic E-state index is -1.31. The maximum absolute atomic E-state index is 9.43. The minimum absolute atomic E-state index is 0. The van der Waals surface area contributed by atoms with Gasteiger partial charge >= 0.3 is 41.5 Å². The fraction of sp³-hybridized carbons (Fsp3) is 0.880. The molecule has 0 aromatic carbocycles. The molecule has 0 aliphatic carbocycles. The molecule has 0 spiro atoms. The van der Waals surface area contributed by atoms with Gasteiger partial charge in [-0.25, -0.2) is 0 Å². The summed E-state index contributed by atoms with van der Waals surface area (Å²) >= 11 is 0. The first kappa shape index (κ1) is 34.6. The molecule has 0 rings (SSSR count). The molecule has 0 unspecified atom stereocenters. The number of rotatable bonds is 20. The average molecular weight is 437 g/mol. The van der Waals surface area contributed by atoms with Gasteiger partial charge in [0.1, 0.15) is 6.42 Å². The zero-order valence-electron chi connectivity index (χ0n) is 20.4. The van der Waals surface area contributed by atoms with Gasteiger partial charge in [0.05, 0.1) is 0 Å². The molecule has 0 saturated heterocycles. The van der Waals surface area contributed by atoms with Gasteiger partial charge in [-0.05, 0) is 0 Å². The van der Waals surface area contributed by atoms with Crippen molar-refractivity contribution in [2.45, 2.75) is 136 Å². The van der Waals surface area contributed by atoms with E-state index in [2.05, 4.69) is 20.8 Å². The Morgan fingerprint density at radius 1 is 0.600 bits per heavy atom. The quantitative estimate of drug-likeness (QED) is 0.121. The molecule has 0 aliphatic heterocycles. The predicted octanol–water partition coefficient (Wildman–Crippen LogP) is 5.05. The third kappa shape index (κ3) is 35.4. The van der Waals surface area contributed by atoms with E-state index in [0.29, 0.717) is 0 Å². The molecule has 0 amide bonds. The first-order valence-electron chi connectivity index (χ1n) is 12.2. The molecule has 0 radical (unpaired) electrons. The Bertz CT molecular complexity index is 329. The second-order valence-corrected chi connectivity index (χ2v) is 8.36. The molecule has 0 aliphatic rings. The van der Waals surface area contributed by atoms with Gasteiger partial charge in [0.2, 0.25) is 0 Å². The molecule has 0 saturated carbocycles. The minimum Gasteiger partial charge on any atom is -0.481 e. The van der Waals surface area contributed by atoms with Crippen LogP contribution in [0, 0.1) is 12.8 Å². The number of carbonyl (C=O) groups is 2. The van der Waals surface area contributed by atoms with Gasteiger partial charge in [0, 0.05) is 0 Å². The van der Waals surface area contributed by atoms with E-state index in [1.165, 1.54) is 116 Å². The van der Waals surface area contributed by atoms with E-state index >= 15 is 0 Å². The van der Waals surface area contributed by atoms with E-state index in [0.717, 1.165) is 5.92 Å². The van der Waals surface area contributed by atoms with Crippen molar-refractivity contribution < 1.29 is 49.4 Å². The maximum atomic E-state index is 9.43. The van der Waals surface area contributed by atoms with Crippen molar-refractivity contribution in [2.75, 3.05) is 0 Å². The van der Waals surface area contributed by atoms with Crippen LogP contribution < -0.4 is 29.6 Å². The maximum Gasteiger partial charge on any atom is 1.00 e. The SMILES string of the molecule is O=C(O)CC(=O)O.[CH2-]C(CCCCCCCCCC)CCCCCCCCCC.[Na+]. The summed E-state index contributed by atoms with van der Waals surface area (Å²) in [5.74, 6) is -1.90. The Labute approximate surface area is 209 Å². The summed E-state index contributed by atoms with van der Waals surface area (Å²) in [5.41, 5.74) is 0. The van der Waals surface area contributed by atoms with Gasteiger partial charge < -0.3 is 17.1 Å². The monoisotopic (exact) mass is 436 g/mol. The Kier molecular flexibility index (Phi) is 33.3. The molecule has 0 heterocycles. The van der Waals surface area contributed by atoms with Crippen molar-refractivity contribution in [2.24, 2.45) is 5.92 Å². The van der Waals surface area contributed by atoms with E-state index in [1.54, 1.807) is 0 Å². The Morgan fingerprint density at radius 2 is 0.867 bits per heavy atom. The molecular weight excluding hydrogens is 387 g/mol. The summed E-state index contributed by atoms with van der Waals surface area (Å²) in [6, 6.07) is 0. The third-order valence-corrected chi connectivity index (χ3v) is 5.23. The summed E-state index contributed by atoms with van der Waals surface area (Å²) < 4.78 is 0. The van der Waals surface area contributed by atoms with E-state index in [1.807, 2.05) is 0 Å². The Hall–Kier alpha value is -0.0600. The van der Waals surface area contributed by atoms with Crippen molar-refractivity contribution in [1.82, 2.24) is 0 Å². The van der Waals surface area contributed by atoms with Crippen LogP contribution in [0.5, 0.6) is 0 Å². The van der Waals surface area contributed by atoms with Crippen molar-refractivity contribution >= 4 is 11.9 Å². The van der Waals surface area contributed by atoms with Gasteiger partial charge in [-0.15, -0.1) is 0 Å². The van der Waals surface area contributed by atoms with E-state index < -0.39 is 18.4 Å². The van der Waals surface area contributed by atoms with Crippen LogP contribution in [-0.4, -0.2) is 22.2 Å². The molecular formula is C25H49NaO4. The van der Waals surface area contributed by atoms with Crippen LogP contribution in [0.25, 0.3) is 0 Å². The largest absolute Gasteiger partial charge is 1.00 e. The fourth-order valence-corrected chi connectivity index (χ4v) is 3.41. The van der Waals surface area contributed by atoms with Gasteiger partial charge in [0.15, 0.2) is 0 Å². The zero-order chi connectivity index (χ0) is 22.2. The van der Waals surface area contributed by atoms with Gasteiger partial charge in [-0.2, -0.15) is 5.92 Å². The van der Waals surface area contributed by atoms with Crippen molar-refractivity contribution in [1.29, 1.82) is 0 Å². The fourth-order valence-electron chi connectivity index (χ4n) is 3.41. The second kappa shape index (κ2) is 28.9.